The van der Waals surface area contributed by atoms with Crippen LogP contribution in [0, 0.1) is 17.8 Å². The first-order chi connectivity index (χ1) is 13.1. The third-order valence-corrected chi connectivity index (χ3v) is 6.69. The molecule has 4 saturated carbocycles. The molecule has 1 aromatic rings. The van der Waals surface area contributed by atoms with E-state index < -0.39 is 0 Å². The number of nitrogens with one attached hydrogen (secondary N) is 1. The summed E-state index contributed by atoms with van der Waals surface area (Å²) in [7, 11) is 0. The summed E-state index contributed by atoms with van der Waals surface area (Å²) >= 11 is 0. The first-order valence-corrected chi connectivity index (χ1v) is 10.8. The molecule has 148 valence electrons. The molecular formula is C23H33NO3. The van der Waals surface area contributed by atoms with Crippen molar-refractivity contribution >= 4 is 5.91 Å². The summed E-state index contributed by atoms with van der Waals surface area (Å²) in [5.41, 5.74) is 1.24. The molecule has 0 heterocycles. The molecule has 4 heteroatoms. The summed E-state index contributed by atoms with van der Waals surface area (Å²) in [6, 6.07) is 6.03. The Balaban J connectivity index is 1.35. The van der Waals surface area contributed by atoms with Crippen LogP contribution >= 0.6 is 0 Å². The fourth-order valence-electron chi connectivity index (χ4n) is 6.13. The molecular weight excluding hydrogens is 338 g/mol. The van der Waals surface area contributed by atoms with Crippen LogP contribution in [0.25, 0.3) is 0 Å². The quantitative estimate of drug-likeness (QED) is 0.732. The maximum Gasteiger partial charge on any atom is 0.220 e. The number of hydrogen-bond donors (Lipinski definition) is 1. The molecule has 0 unspecified atom stereocenters. The number of carbonyl (C=O) groups is 1. The second-order valence-corrected chi connectivity index (χ2v) is 8.89. The summed E-state index contributed by atoms with van der Waals surface area (Å²) in [5.74, 6) is 4.34. The van der Waals surface area contributed by atoms with E-state index in [0.717, 1.165) is 41.2 Å². The summed E-state index contributed by atoms with van der Waals surface area (Å²) in [6.07, 6.45) is 9.13. The van der Waals surface area contributed by atoms with Gasteiger partial charge in [0.1, 0.15) is 0 Å². The second kappa shape index (κ2) is 7.73. The van der Waals surface area contributed by atoms with Gasteiger partial charge in [-0.25, -0.2) is 0 Å². The Morgan fingerprint density at radius 3 is 2.19 bits per heavy atom. The van der Waals surface area contributed by atoms with Gasteiger partial charge in [0.05, 0.1) is 13.2 Å². The fraction of sp³-hybridized carbons (Fsp3) is 0.696. The van der Waals surface area contributed by atoms with Crippen molar-refractivity contribution in [2.75, 3.05) is 13.2 Å². The molecule has 1 aromatic carbocycles. The molecule has 4 aliphatic rings. The van der Waals surface area contributed by atoms with Gasteiger partial charge in [-0.3, -0.25) is 4.79 Å². The minimum Gasteiger partial charge on any atom is -0.490 e. The van der Waals surface area contributed by atoms with Crippen LogP contribution in [0.15, 0.2) is 18.2 Å². The molecule has 0 saturated heterocycles. The first-order valence-electron chi connectivity index (χ1n) is 10.8. The minimum atomic E-state index is 0.112. The molecule has 0 atom stereocenters. The average molecular weight is 372 g/mol. The third kappa shape index (κ3) is 4.09. The van der Waals surface area contributed by atoms with Gasteiger partial charge in [0, 0.05) is 12.0 Å². The lowest BCUT2D eigenvalue weighted by Crippen LogP contribution is -2.59. The van der Waals surface area contributed by atoms with Gasteiger partial charge in [-0.15, -0.1) is 0 Å². The Kier molecular flexibility index (Phi) is 5.34. The Bertz CT molecular complexity index is 649. The van der Waals surface area contributed by atoms with E-state index in [1.165, 1.54) is 38.5 Å². The maximum atomic E-state index is 12.7. The number of ether oxygens (including phenoxy) is 2. The maximum absolute atomic E-state index is 12.7. The monoisotopic (exact) mass is 371 g/mol. The molecule has 0 aliphatic heterocycles. The highest BCUT2D eigenvalue weighted by Crippen LogP contribution is 2.55. The van der Waals surface area contributed by atoms with Crippen molar-refractivity contribution in [2.24, 2.45) is 17.8 Å². The van der Waals surface area contributed by atoms with Crippen molar-refractivity contribution < 1.29 is 14.3 Å². The van der Waals surface area contributed by atoms with Crippen LogP contribution in [-0.2, 0) is 11.2 Å². The zero-order chi connectivity index (χ0) is 18.9. The van der Waals surface area contributed by atoms with Crippen LogP contribution in [0.2, 0.25) is 0 Å². The molecule has 1 N–H and O–H groups in total. The fourth-order valence-corrected chi connectivity index (χ4v) is 6.13. The summed E-state index contributed by atoms with van der Waals surface area (Å²) in [4.78, 5) is 12.7. The summed E-state index contributed by atoms with van der Waals surface area (Å²) < 4.78 is 11.3. The lowest BCUT2D eigenvalue weighted by atomic mass is 9.53. The van der Waals surface area contributed by atoms with E-state index in [0.29, 0.717) is 19.6 Å². The van der Waals surface area contributed by atoms with Gasteiger partial charge in [0.25, 0.3) is 0 Å². The summed E-state index contributed by atoms with van der Waals surface area (Å²) in [5, 5.41) is 3.47. The topological polar surface area (TPSA) is 47.6 Å². The number of hydrogen-bond acceptors (Lipinski definition) is 3. The van der Waals surface area contributed by atoms with E-state index in [1.807, 2.05) is 32.0 Å². The lowest BCUT2D eigenvalue weighted by Gasteiger charge is -2.56. The minimum absolute atomic E-state index is 0.112. The SMILES string of the molecule is CCOc1ccc(CCC(=O)NC23CC4CC(CC(C4)C2)C3)cc1OCC. The normalized spacial score (nSPS) is 31.0. The predicted octanol–water partition coefficient (Wildman–Crippen LogP) is 4.50. The van der Waals surface area contributed by atoms with Crippen molar-refractivity contribution in [3.05, 3.63) is 23.8 Å². The third-order valence-electron chi connectivity index (χ3n) is 6.69. The van der Waals surface area contributed by atoms with E-state index in [2.05, 4.69) is 5.32 Å². The zero-order valence-electron chi connectivity index (χ0n) is 16.8. The van der Waals surface area contributed by atoms with Crippen molar-refractivity contribution in [2.45, 2.75) is 70.8 Å². The smallest absolute Gasteiger partial charge is 0.220 e. The van der Waals surface area contributed by atoms with E-state index >= 15 is 0 Å². The molecule has 1 amide bonds. The number of carbonyl (C=O) groups excluding carboxylic acids is 1. The van der Waals surface area contributed by atoms with Gasteiger partial charge in [-0.1, -0.05) is 6.07 Å². The number of rotatable bonds is 8. The zero-order valence-corrected chi connectivity index (χ0v) is 16.8. The molecule has 4 bridgehead atoms. The lowest BCUT2D eigenvalue weighted by molar-refractivity contribution is -0.126. The van der Waals surface area contributed by atoms with Gasteiger partial charge >= 0.3 is 0 Å². The number of aryl methyl sites for hydroxylation is 1. The molecule has 0 spiro atoms. The average Bonchev–Trinajstić information content (AvgIpc) is 2.60. The molecule has 0 aromatic heterocycles. The van der Waals surface area contributed by atoms with Crippen molar-refractivity contribution in [3.8, 4) is 11.5 Å². The van der Waals surface area contributed by atoms with Crippen LogP contribution in [0.1, 0.15) is 64.4 Å². The van der Waals surface area contributed by atoms with E-state index in [9.17, 15) is 4.79 Å². The van der Waals surface area contributed by atoms with Crippen LogP contribution in [-0.4, -0.2) is 24.7 Å². The molecule has 4 fully saturated rings. The van der Waals surface area contributed by atoms with Gasteiger partial charge in [-0.05, 0) is 94.2 Å². The Morgan fingerprint density at radius 1 is 1.00 bits per heavy atom. The second-order valence-electron chi connectivity index (χ2n) is 8.89. The van der Waals surface area contributed by atoms with E-state index in [1.54, 1.807) is 0 Å². The number of amides is 1. The molecule has 5 rings (SSSR count). The molecule has 4 nitrogen and oxygen atoms in total. The van der Waals surface area contributed by atoms with Gasteiger partial charge in [0.2, 0.25) is 5.91 Å². The van der Waals surface area contributed by atoms with Crippen LogP contribution in [0.4, 0.5) is 0 Å². The largest absolute Gasteiger partial charge is 0.490 e. The van der Waals surface area contributed by atoms with Gasteiger partial charge < -0.3 is 14.8 Å². The molecule has 4 aliphatic carbocycles. The van der Waals surface area contributed by atoms with Crippen LogP contribution < -0.4 is 14.8 Å². The van der Waals surface area contributed by atoms with Crippen LogP contribution in [0.3, 0.4) is 0 Å². The highest BCUT2D eigenvalue weighted by atomic mass is 16.5. The molecule has 27 heavy (non-hydrogen) atoms. The van der Waals surface area contributed by atoms with Gasteiger partial charge in [0.15, 0.2) is 11.5 Å². The Labute approximate surface area is 163 Å². The standard InChI is InChI=1S/C23H33NO3/c1-3-26-20-7-5-16(12-21(20)27-4-2)6-8-22(25)24-23-13-17-9-18(14-23)11-19(10-17)15-23/h5,7,12,17-19H,3-4,6,8-11,13-15H2,1-2H3,(H,24,25). The molecule has 0 radical (unpaired) electrons. The number of benzene rings is 1. The highest BCUT2D eigenvalue weighted by Gasteiger charge is 2.51. The van der Waals surface area contributed by atoms with Gasteiger partial charge in [-0.2, -0.15) is 0 Å². The predicted molar refractivity (Wildman–Crippen MR) is 106 cm³/mol. The first kappa shape index (κ1) is 18.6. The highest BCUT2D eigenvalue weighted by molar-refractivity contribution is 5.77. The van der Waals surface area contributed by atoms with Crippen LogP contribution in [0.5, 0.6) is 11.5 Å². The van der Waals surface area contributed by atoms with E-state index in [-0.39, 0.29) is 11.4 Å². The van der Waals surface area contributed by atoms with Crippen molar-refractivity contribution in [1.29, 1.82) is 0 Å². The Morgan fingerprint density at radius 2 is 1.59 bits per heavy atom. The summed E-state index contributed by atoms with van der Waals surface area (Å²) in [6.45, 7) is 5.17. The Hall–Kier alpha value is -1.71. The van der Waals surface area contributed by atoms with E-state index in [4.69, 9.17) is 9.47 Å². The van der Waals surface area contributed by atoms with Crippen molar-refractivity contribution in [1.82, 2.24) is 5.32 Å². The van der Waals surface area contributed by atoms with Crippen molar-refractivity contribution in [3.63, 3.8) is 0 Å².